The van der Waals surface area contributed by atoms with Gasteiger partial charge >= 0.3 is 0 Å². The lowest BCUT2D eigenvalue weighted by Crippen LogP contribution is -2.45. The molecule has 3 rings (SSSR count). The average molecular weight is 258 g/mol. The van der Waals surface area contributed by atoms with E-state index in [0.717, 1.165) is 19.0 Å². The van der Waals surface area contributed by atoms with E-state index in [4.69, 9.17) is 5.73 Å². The summed E-state index contributed by atoms with van der Waals surface area (Å²) in [5, 5.41) is 0. The van der Waals surface area contributed by atoms with Crippen LogP contribution in [-0.2, 0) is 6.54 Å². The maximum Gasteiger partial charge on any atom is 0.0233 e. The number of hydrogen-bond acceptors (Lipinski definition) is 2. The van der Waals surface area contributed by atoms with E-state index in [1.807, 2.05) is 0 Å². The normalized spacial score (nSPS) is 28.5. The molecule has 1 aromatic carbocycles. The SMILES string of the molecule is NCCC1(C2CC2)CCCN(Cc2ccccc2)C1. The summed E-state index contributed by atoms with van der Waals surface area (Å²) in [4.78, 5) is 2.66. The molecule has 1 unspecified atom stereocenters. The first-order chi connectivity index (χ1) is 9.32. The third-order valence-corrected chi connectivity index (χ3v) is 5.02. The van der Waals surface area contributed by atoms with E-state index in [-0.39, 0.29) is 0 Å². The summed E-state index contributed by atoms with van der Waals surface area (Å²) in [6.45, 7) is 4.49. The van der Waals surface area contributed by atoms with Crippen LogP contribution in [0.15, 0.2) is 30.3 Å². The van der Waals surface area contributed by atoms with Crippen molar-refractivity contribution in [1.29, 1.82) is 0 Å². The third kappa shape index (κ3) is 3.01. The summed E-state index contributed by atoms with van der Waals surface area (Å²) < 4.78 is 0. The molecule has 1 atom stereocenters. The van der Waals surface area contributed by atoms with Crippen LogP contribution in [0.4, 0.5) is 0 Å². The van der Waals surface area contributed by atoms with Gasteiger partial charge in [-0.1, -0.05) is 30.3 Å². The predicted molar refractivity (Wildman–Crippen MR) is 79.8 cm³/mol. The molecule has 0 bridgehead atoms. The first kappa shape index (κ1) is 13.1. The Hall–Kier alpha value is -0.860. The van der Waals surface area contributed by atoms with E-state index >= 15 is 0 Å². The molecule has 2 heteroatoms. The Morgan fingerprint density at radius 1 is 1.21 bits per heavy atom. The Morgan fingerprint density at radius 2 is 2.00 bits per heavy atom. The van der Waals surface area contributed by atoms with Gasteiger partial charge in [-0.15, -0.1) is 0 Å². The Labute approximate surface area is 117 Å². The zero-order valence-electron chi connectivity index (χ0n) is 11.9. The molecule has 1 aromatic rings. The molecule has 2 fully saturated rings. The minimum Gasteiger partial charge on any atom is -0.330 e. The molecule has 0 radical (unpaired) electrons. The van der Waals surface area contributed by atoms with Crippen LogP contribution in [0, 0.1) is 11.3 Å². The number of hydrogen-bond donors (Lipinski definition) is 1. The fraction of sp³-hybridized carbons (Fsp3) is 0.647. The smallest absolute Gasteiger partial charge is 0.0233 e. The lowest BCUT2D eigenvalue weighted by molar-refractivity contribution is 0.0573. The average Bonchev–Trinajstić information content (AvgIpc) is 3.25. The zero-order valence-corrected chi connectivity index (χ0v) is 11.9. The highest BCUT2D eigenvalue weighted by atomic mass is 15.1. The van der Waals surface area contributed by atoms with E-state index in [1.54, 1.807) is 0 Å². The van der Waals surface area contributed by atoms with Crippen LogP contribution in [0.3, 0.4) is 0 Å². The van der Waals surface area contributed by atoms with Crippen LogP contribution in [0.5, 0.6) is 0 Å². The molecule has 2 aliphatic rings. The summed E-state index contributed by atoms with van der Waals surface area (Å²) in [6, 6.07) is 10.9. The van der Waals surface area contributed by atoms with Crippen molar-refractivity contribution in [3.63, 3.8) is 0 Å². The van der Waals surface area contributed by atoms with Gasteiger partial charge in [0.15, 0.2) is 0 Å². The van der Waals surface area contributed by atoms with Crippen LogP contribution < -0.4 is 5.73 Å². The molecule has 104 valence electrons. The van der Waals surface area contributed by atoms with Crippen LogP contribution in [0.2, 0.25) is 0 Å². The third-order valence-electron chi connectivity index (χ3n) is 5.02. The molecule has 0 aromatic heterocycles. The standard InChI is InChI=1S/C17H26N2/c18-11-10-17(16-7-8-16)9-4-12-19(14-17)13-15-5-2-1-3-6-15/h1-3,5-6,16H,4,7-14,18H2. The fourth-order valence-corrected chi connectivity index (χ4v) is 3.96. The van der Waals surface area contributed by atoms with Crippen molar-refractivity contribution in [1.82, 2.24) is 4.90 Å². The Bertz CT molecular complexity index is 395. The van der Waals surface area contributed by atoms with Crippen LogP contribution in [0.1, 0.15) is 37.7 Å². The van der Waals surface area contributed by atoms with Gasteiger partial charge in [0.2, 0.25) is 0 Å². The maximum absolute atomic E-state index is 5.89. The van der Waals surface area contributed by atoms with Gasteiger partial charge in [0.25, 0.3) is 0 Å². The summed E-state index contributed by atoms with van der Waals surface area (Å²) in [5.41, 5.74) is 7.88. The molecular weight excluding hydrogens is 232 g/mol. The molecule has 1 saturated heterocycles. The molecular formula is C17H26N2. The molecule has 1 aliphatic carbocycles. The molecule has 0 amide bonds. The highest BCUT2D eigenvalue weighted by molar-refractivity contribution is 5.14. The maximum atomic E-state index is 5.89. The van der Waals surface area contributed by atoms with Crippen LogP contribution in [-0.4, -0.2) is 24.5 Å². The minimum atomic E-state index is 0.543. The van der Waals surface area contributed by atoms with Crippen molar-refractivity contribution in [3.05, 3.63) is 35.9 Å². The molecule has 19 heavy (non-hydrogen) atoms. The van der Waals surface area contributed by atoms with E-state index in [9.17, 15) is 0 Å². The van der Waals surface area contributed by atoms with E-state index in [0.29, 0.717) is 5.41 Å². The quantitative estimate of drug-likeness (QED) is 0.879. The van der Waals surface area contributed by atoms with Gasteiger partial charge < -0.3 is 5.73 Å². The minimum absolute atomic E-state index is 0.543. The van der Waals surface area contributed by atoms with Gasteiger partial charge in [0.1, 0.15) is 0 Å². The van der Waals surface area contributed by atoms with Crippen molar-refractivity contribution >= 4 is 0 Å². The van der Waals surface area contributed by atoms with Gasteiger partial charge in [-0.3, -0.25) is 4.90 Å². The summed E-state index contributed by atoms with van der Waals surface area (Å²) in [7, 11) is 0. The second-order valence-electron chi connectivity index (χ2n) is 6.48. The van der Waals surface area contributed by atoms with Gasteiger partial charge in [0.05, 0.1) is 0 Å². The molecule has 1 saturated carbocycles. The molecule has 2 N–H and O–H groups in total. The predicted octanol–water partition coefficient (Wildman–Crippen LogP) is 3.03. The van der Waals surface area contributed by atoms with Crippen molar-refractivity contribution < 1.29 is 0 Å². The zero-order chi connectivity index (χ0) is 13.1. The number of benzene rings is 1. The largest absolute Gasteiger partial charge is 0.330 e. The van der Waals surface area contributed by atoms with Gasteiger partial charge in [-0.25, -0.2) is 0 Å². The summed E-state index contributed by atoms with van der Waals surface area (Å²) >= 11 is 0. The second-order valence-corrected chi connectivity index (χ2v) is 6.48. The Morgan fingerprint density at radius 3 is 2.68 bits per heavy atom. The van der Waals surface area contributed by atoms with Crippen molar-refractivity contribution in [2.24, 2.45) is 17.1 Å². The van der Waals surface area contributed by atoms with Crippen molar-refractivity contribution in [3.8, 4) is 0 Å². The first-order valence-corrected chi connectivity index (χ1v) is 7.79. The van der Waals surface area contributed by atoms with Crippen molar-refractivity contribution in [2.45, 2.75) is 38.6 Å². The Balaban J connectivity index is 1.66. The molecule has 1 heterocycles. The van der Waals surface area contributed by atoms with E-state index < -0.39 is 0 Å². The first-order valence-electron chi connectivity index (χ1n) is 7.79. The number of nitrogens with two attached hydrogens (primary N) is 1. The van der Waals surface area contributed by atoms with Gasteiger partial charge in [-0.2, -0.15) is 0 Å². The fourth-order valence-electron chi connectivity index (χ4n) is 3.96. The summed E-state index contributed by atoms with van der Waals surface area (Å²) in [6.07, 6.45) is 6.87. The molecule has 1 aliphatic heterocycles. The van der Waals surface area contributed by atoms with Gasteiger partial charge in [0, 0.05) is 13.1 Å². The highest BCUT2D eigenvalue weighted by Crippen LogP contribution is 2.52. The van der Waals surface area contributed by atoms with Gasteiger partial charge in [-0.05, 0) is 62.1 Å². The lowest BCUT2D eigenvalue weighted by Gasteiger charge is -2.43. The number of nitrogens with zero attached hydrogens (tertiary/aromatic N) is 1. The second kappa shape index (κ2) is 5.64. The highest BCUT2D eigenvalue weighted by Gasteiger charge is 2.46. The van der Waals surface area contributed by atoms with Crippen LogP contribution >= 0.6 is 0 Å². The number of piperidine rings is 1. The molecule has 2 nitrogen and oxygen atoms in total. The number of likely N-dealkylation sites (tertiary alicyclic amines) is 1. The molecule has 0 spiro atoms. The van der Waals surface area contributed by atoms with E-state index in [1.165, 1.54) is 50.8 Å². The topological polar surface area (TPSA) is 29.3 Å². The Kier molecular flexibility index (Phi) is 3.90. The van der Waals surface area contributed by atoms with Crippen LogP contribution in [0.25, 0.3) is 0 Å². The lowest BCUT2D eigenvalue weighted by atomic mass is 9.73. The van der Waals surface area contributed by atoms with E-state index in [2.05, 4.69) is 35.2 Å². The van der Waals surface area contributed by atoms with Crippen molar-refractivity contribution in [2.75, 3.05) is 19.6 Å². The number of rotatable bonds is 5. The summed E-state index contributed by atoms with van der Waals surface area (Å²) in [5.74, 6) is 0.967. The monoisotopic (exact) mass is 258 g/mol.